The van der Waals surface area contributed by atoms with Gasteiger partial charge in [0.25, 0.3) is 5.91 Å². The van der Waals surface area contributed by atoms with Gasteiger partial charge in [0.15, 0.2) is 0 Å². The topological polar surface area (TPSA) is 96.2 Å². The monoisotopic (exact) mass is 348 g/mol. The first-order chi connectivity index (χ1) is 12.6. The van der Waals surface area contributed by atoms with Crippen molar-refractivity contribution in [3.63, 3.8) is 0 Å². The lowest BCUT2D eigenvalue weighted by atomic mass is 10.1. The second-order valence-electron chi connectivity index (χ2n) is 5.75. The highest BCUT2D eigenvalue weighted by Gasteiger charge is 2.08. The van der Waals surface area contributed by atoms with Gasteiger partial charge >= 0.3 is 6.03 Å². The minimum absolute atomic E-state index is 0.264. The SMILES string of the molecule is Nc1ccccc1C(=O)NCCNC(=O)Nc1cccc2ccccc12. The van der Waals surface area contributed by atoms with Gasteiger partial charge in [-0.2, -0.15) is 0 Å². The van der Waals surface area contributed by atoms with Crippen molar-refractivity contribution in [1.29, 1.82) is 0 Å². The molecule has 0 spiro atoms. The second kappa shape index (κ2) is 8.02. The summed E-state index contributed by atoms with van der Waals surface area (Å²) in [6.07, 6.45) is 0. The highest BCUT2D eigenvalue weighted by molar-refractivity contribution is 6.01. The molecular formula is C20H20N4O2. The number of carbonyl (C=O) groups excluding carboxylic acids is 2. The number of anilines is 2. The predicted octanol–water partition coefficient (Wildman–Crippen LogP) is 2.97. The number of nitrogens with two attached hydrogens (primary N) is 1. The molecule has 0 saturated carbocycles. The summed E-state index contributed by atoms with van der Waals surface area (Å²) in [5.41, 5.74) is 7.35. The number of para-hydroxylation sites is 1. The van der Waals surface area contributed by atoms with E-state index in [1.54, 1.807) is 24.3 Å². The van der Waals surface area contributed by atoms with E-state index in [4.69, 9.17) is 5.73 Å². The van der Waals surface area contributed by atoms with Crippen LogP contribution in [0, 0.1) is 0 Å². The summed E-state index contributed by atoms with van der Waals surface area (Å²) in [5, 5.41) is 10.3. The molecular weight excluding hydrogens is 328 g/mol. The van der Waals surface area contributed by atoms with Gasteiger partial charge in [-0.15, -0.1) is 0 Å². The van der Waals surface area contributed by atoms with Gasteiger partial charge in [0.05, 0.1) is 11.3 Å². The number of benzene rings is 3. The molecule has 0 saturated heterocycles. The summed E-state index contributed by atoms with van der Waals surface area (Å²) >= 11 is 0. The fraction of sp³-hybridized carbons (Fsp3) is 0.100. The van der Waals surface area contributed by atoms with Gasteiger partial charge in [0.2, 0.25) is 0 Å². The molecule has 0 unspecified atom stereocenters. The highest BCUT2D eigenvalue weighted by atomic mass is 16.2. The zero-order chi connectivity index (χ0) is 18.4. The lowest BCUT2D eigenvalue weighted by Gasteiger charge is -2.11. The molecule has 0 atom stereocenters. The lowest BCUT2D eigenvalue weighted by Crippen LogP contribution is -2.37. The first kappa shape index (κ1) is 17.3. The van der Waals surface area contributed by atoms with Crippen LogP contribution in [0.2, 0.25) is 0 Å². The standard InChI is InChI=1S/C20H20N4O2/c21-17-10-4-3-9-16(17)19(25)22-12-13-23-20(26)24-18-11-5-7-14-6-1-2-8-15(14)18/h1-11H,12-13,21H2,(H,22,25)(H2,23,24,26). The number of hydrogen-bond acceptors (Lipinski definition) is 3. The molecule has 6 heteroatoms. The van der Waals surface area contributed by atoms with Crippen LogP contribution in [-0.2, 0) is 0 Å². The van der Waals surface area contributed by atoms with E-state index < -0.39 is 0 Å². The third-order valence-electron chi connectivity index (χ3n) is 3.94. The Hall–Kier alpha value is -3.54. The van der Waals surface area contributed by atoms with Crippen molar-refractivity contribution in [2.24, 2.45) is 0 Å². The summed E-state index contributed by atoms with van der Waals surface area (Å²) in [5.74, 6) is -0.264. The minimum atomic E-state index is -0.324. The summed E-state index contributed by atoms with van der Waals surface area (Å²) in [4.78, 5) is 24.1. The zero-order valence-electron chi connectivity index (χ0n) is 14.2. The molecule has 3 rings (SSSR count). The number of fused-ring (bicyclic) bond motifs is 1. The number of nitrogens with one attached hydrogen (secondary N) is 3. The number of hydrogen-bond donors (Lipinski definition) is 4. The van der Waals surface area contributed by atoms with Crippen LogP contribution >= 0.6 is 0 Å². The Kier molecular flexibility index (Phi) is 5.34. The fourth-order valence-electron chi connectivity index (χ4n) is 2.65. The number of nitrogen functional groups attached to an aromatic ring is 1. The van der Waals surface area contributed by atoms with Crippen molar-refractivity contribution in [3.05, 3.63) is 72.3 Å². The molecule has 0 bridgehead atoms. The van der Waals surface area contributed by atoms with Crippen LogP contribution in [0.4, 0.5) is 16.2 Å². The van der Waals surface area contributed by atoms with Gasteiger partial charge in [0.1, 0.15) is 0 Å². The predicted molar refractivity (Wildman–Crippen MR) is 104 cm³/mol. The number of amides is 3. The van der Waals surface area contributed by atoms with E-state index >= 15 is 0 Å². The van der Waals surface area contributed by atoms with Gasteiger partial charge in [-0.05, 0) is 23.6 Å². The Labute approximate surface area is 151 Å². The Morgan fingerprint density at radius 2 is 1.50 bits per heavy atom. The number of urea groups is 1. The molecule has 3 aromatic rings. The molecule has 3 aromatic carbocycles. The van der Waals surface area contributed by atoms with E-state index in [-0.39, 0.29) is 11.9 Å². The van der Waals surface area contributed by atoms with Crippen molar-refractivity contribution >= 4 is 34.1 Å². The molecule has 0 aliphatic heterocycles. The van der Waals surface area contributed by atoms with Crippen LogP contribution < -0.4 is 21.7 Å². The van der Waals surface area contributed by atoms with Crippen LogP contribution in [0.1, 0.15) is 10.4 Å². The van der Waals surface area contributed by atoms with E-state index in [9.17, 15) is 9.59 Å². The van der Waals surface area contributed by atoms with E-state index in [0.29, 0.717) is 24.3 Å². The molecule has 5 N–H and O–H groups in total. The van der Waals surface area contributed by atoms with Crippen LogP contribution in [-0.4, -0.2) is 25.0 Å². The third kappa shape index (κ3) is 4.10. The van der Waals surface area contributed by atoms with E-state index in [1.165, 1.54) is 0 Å². The van der Waals surface area contributed by atoms with Crippen LogP contribution in [0.25, 0.3) is 10.8 Å². The highest BCUT2D eigenvalue weighted by Crippen LogP contribution is 2.22. The van der Waals surface area contributed by atoms with Gasteiger partial charge in [0, 0.05) is 24.2 Å². The average molecular weight is 348 g/mol. The number of carbonyl (C=O) groups is 2. The number of rotatable bonds is 5. The van der Waals surface area contributed by atoms with Crippen molar-refractivity contribution in [2.75, 3.05) is 24.1 Å². The molecule has 3 amide bonds. The maximum absolute atomic E-state index is 12.1. The molecule has 0 heterocycles. The lowest BCUT2D eigenvalue weighted by molar-refractivity contribution is 0.0955. The van der Waals surface area contributed by atoms with E-state index in [1.807, 2.05) is 42.5 Å². The average Bonchev–Trinajstić information content (AvgIpc) is 2.66. The maximum Gasteiger partial charge on any atom is 0.319 e. The third-order valence-corrected chi connectivity index (χ3v) is 3.94. The van der Waals surface area contributed by atoms with Crippen molar-refractivity contribution in [1.82, 2.24) is 10.6 Å². The Balaban J connectivity index is 1.49. The van der Waals surface area contributed by atoms with Gasteiger partial charge in [-0.3, -0.25) is 4.79 Å². The van der Waals surface area contributed by atoms with Crippen molar-refractivity contribution < 1.29 is 9.59 Å². The fourth-order valence-corrected chi connectivity index (χ4v) is 2.65. The van der Waals surface area contributed by atoms with Crippen molar-refractivity contribution in [2.45, 2.75) is 0 Å². The minimum Gasteiger partial charge on any atom is -0.398 e. The van der Waals surface area contributed by atoms with E-state index in [0.717, 1.165) is 16.5 Å². The van der Waals surface area contributed by atoms with Crippen LogP contribution in [0.3, 0.4) is 0 Å². The molecule has 6 nitrogen and oxygen atoms in total. The van der Waals surface area contributed by atoms with E-state index in [2.05, 4.69) is 16.0 Å². The normalized spacial score (nSPS) is 10.3. The molecule has 26 heavy (non-hydrogen) atoms. The van der Waals surface area contributed by atoms with Crippen LogP contribution in [0.15, 0.2) is 66.7 Å². The summed E-state index contributed by atoms with van der Waals surface area (Å²) in [7, 11) is 0. The molecule has 0 aliphatic carbocycles. The molecule has 0 fully saturated rings. The molecule has 132 valence electrons. The van der Waals surface area contributed by atoms with Crippen molar-refractivity contribution in [3.8, 4) is 0 Å². The molecule has 0 aliphatic rings. The summed E-state index contributed by atoms with van der Waals surface area (Å²) in [6.45, 7) is 0.602. The van der Waals surface area contributed by atoms with Gasteiger partial charge < -0.3 is 21.7 Å². The maximum atomic E-state index is 12.1. The van der Waals surface area contributed by atoms with Gasteiger partial charge in [-0.1, -0.05) is 48.5 Å². The first-order valence-electron chi connectivity index (χ1n) is 8.30. The smallest absolute Gasteiger partial charge is 0.319 e. The Morgan fingerprint density at radius 3 is 2.35 bits per heavy atom. The largest absolute Gasteiger partial charge is 0.398 e. The second-order valence-corrected chi connectivity index (χ2v) is 5.75. The van der Waals surface area contributed by atoms with Gasteiger partial charge in [-0.25, -0.2) is 4.79 Å². The molecule has 0 radical (unpaired) electrons. The summed E-state index contributed by atoms with van der Waals surface area (Å²) < 4.78 is 0. The Bertz CT molecular complexity index is 935. The van der Waals surface area contributed by atoms with Crippen LogP contribution in [0.5, 0.6) is 0 Å². The Morgan fingerprint density at radius 1 is 0.808 bits per heavy atom. The zero-order valence-corrected chi connectivity index (χ0v) is 14.2. The first-order valence-corrected chi connectivity index (χ1v) is 8.30. The molecule has 0 aromatic heterocycles. The summed E-state index contributed by atoms with van der Waals surface area (Å²) in [6, 6.07) is 20.1. The quantitative estimate of drug-likeness (QED) is 0.421.